The third kappa shape index (κ3) is 2.14. The summed E-state index contributed by atoms with van der Waals surface area (Å²) in [6.07, 6.45) is 1.65. The Balaban J connectivity index is 1.90. The zero-order chi connectivity index (χ0) is 14.3. The number of aromatic nitrogens is 3. The van der Waals surface area contributed by atoms with Crippen LogP contribution in [0.1, 0.15) is 15.6 Å². The first-order valence-corrected chi connectivity index (χ1v) is 7.52. The first-order valence-electron chi connectivity index (χ1n) is 5.83. The lowest BCUT2D eigenvalue weighted by Gasteiger charge is -2.01. The van der Waals surface area contributed by atoms with Crippen molar-refractivity contribution in [3.63, 3.8) is 0 Å². The minimum absolute atomic E-state index is 0.0362. The molecule has 3 aromatic heterocycles. The highest BCUT2D eigenvalue weighted by Gasteiger charge is 2.23. The van der Waals surface area contributed by atoms with Crippen molar-refractivity contribution in [3.05, 3.63) is 37.3 Å². The first kappa shape index (κ1) is 13.0. The second-order valence-corrected chi connectivity index (χ2v) is 6.47. The van der Waals surface area contributed by atoms with Crippen molar-refractivity contribution in [2.75, 3.05) is 5.32 Å². The number of thiazole rings is 2. The molecular formula is C11H11N5O2S2. The summed E-state index contributed by atoms with van der Waals surface area (Å²) >= 11 is 2.98. The minimum atomic E-state index is -0.422. The highest BCUT2D eigenvalue weighted by Crippen LogP contribution is 2.28. The molecule has 0 spiro atoms. The lowest BCUT2D eigenvalue weighted by molar-refractivity contribution is -0.389. The zero-order valence-corrected chi connectivity index (χ0v) is 12.4. The number of nitro groups is 1. The molecule has 20 heavy (non-hydrogen) atoms. The lowest BCUT2D eigenvalue weighted by atomic mass is 10.4. The molecule has 0 aromatic carbocycles. The van der Waals surface area contributed by atoms with E-state index in [0.717, 1.165) is 15.6 Å². The number of hydrogen-bond acceptors (Lipinski definition) is 7. The van der Waals surface area contributed by atoms with E-state index in [9.17, 15) is 10.1 Å². The number of nitrogens with zero attached hydrogens (tertiary/aromatic N) is 4. The SMILES string of the molecule is Cc1nc(CNc2nc3sccn3c2[N+](=O)[O-])c(C)s1. The highest BCUT2D eigenvalue weighted by molar-refractivity contribution is 7.15. The van der Waals surface area contributed by atoms with Gasteiger partial charge >= 0.3 is 5.82 Å². The van der Waals surface area contributed by atoms with Crippen molar-refractivity contribution in [1.29, 1.82) is 0 Å². The Morgan fingerprint density at radius 3 is 2.90 bits per heavy atom. The van der Waals surface area contributed by atoms with Gasteiger partial charge in [0.25, 0.3) is 4.96 Å². The lowest BCUT2D eigenvalue weighted by Crippen LogP contribution is -2.04. The Kier molecular flexibility index (Phi) is 3.14. The second-order valence-electron chi connectivity index (χ2n) is 4.19. The van der Waals surface area contributed by atoms with Crippen LogP contribution in [0, 0.1) is 24.0 Å². The molecular weight excluding hydrogens is 298 g/mol. The number of rotatable bonds is 4. The van der Waals surface area contributed by atoms with Crippen molar-refractivity contribution in [1.82, 2.24) is 14.4 Å². The Morgan fingerprint density at radius 2 is 2.25 bits per heavy atom. The van der Waals surface area contributed by atoms with E-state index in [0.29, 0.717) is 11.5 Å². The van der Waals surface area contributed by atoms with Crippen LogP contribution in [-0.2, 0) is 6.54 Å². The van der Waals surface area contributed by atoms with Gasteiger partial charge in [-0.3, -0.25) is 0 Å². The average Bonchev–Trinajstić information content (AvgIpc) is 3.00. The molecule has 0 aliphatic carbocycles. The maximum absolute atomic E-state index is 11.2. The van der Waals surface area contributed by atoms with Crippen LogP contribution in [0.3, 0.4) is 0 Å². The molecule has 0 atom stereocenters. The molecule has 7 nitrogen and oxygen atoms in total. The zero-order valence-electron chi connectivity index (χ0n) is 10.8. The summed E-state index contributed by atoms with van der Waals surface area (Å²) < 4.78 is 1.48. The van der Waals surface area contributed by atoms with Crippen LogP contribution >= 0.6 is 22.7 Å². The number of hydrogen-bond donors (Lipinski definition) is 1. The van der Waals surface area contributed by atoms with E-state index in [-0.39, 0.29) is 11.6 Å². The van der Waals surface area contributed by atoms with Crippen LogP contribution in [-0.4, -0.2) is 19.3 Å². The summed E-state index contributed by atoms with van der Waals surface area (Å²) in [5, 5.41) is 16.9. The number of nitrogens with one attached hydrogen (secondary N) is 1. The second kappa shape index (κ2) is 4.84. The Morgan fingerprint density at radius 1 is 1.45 bits per heavy atom. The van der Waals surface area contributed by atoms with Gasteiger partial charge in [-0.25, -0.2) is 4.98 Å². The number of fused-ring (bicyclic) bond motifs is 1. The maximum Gasteiger partial charge on any atom is 0.372 e. The van der Waals surface area contributed by atoms with Gasteiger partial charge in [-0.2, -0.15) is 9.38 Å². The van der Waals surface area contributed by atoms with Gasteiger partial charge < -0.3 is 15.4 Å². The van der Waals surface area contributed by atoms with E-state index in [1.54, 1.807) is 22.9 Å². The van der Waals surface area contributed by atoms with Gasteiger partial charge in [0.15, 0.2) is 0 Å². The smallest absolute Gasteiger partial charge is 0.358 e. The normalized spacial score (nSPS) is 11.1. The summed E-state index contributed by atoms with van der Waals surface area (Å²) in [5.41, 5.74) is 0.901. The molecule has 0 saturated heterocycles. The largest absolute Gasteiger partial charge is 0.372 e. The number of aryl methyl sites for hydroxylation is 2. The predicted molar refractivity (Wildman–Crippen MR) is 78.6 cm³/mol. The molecule has 0 aliphatic heterocycles. The van der Waals surface area contributed by atoms with Crippen LogP contribution in [0.5, 0.6) is 0 Å². The van der Waals surface area contributed by atoms with Crippen molar-refractivity contribution in [3.8, 4) is 0 Å². The van der Waals surface area contributed by atoms with Gasteiger partial charge in [-0.1, -0.05) is 11.3 Å². The summed E-state index contributed by atoms with van der Waals surface area (Å²) in [6.45, 7) is 4.36. The van der Waals surface area contributed by atoms with Gasteiger partial charge in [-0.15, -0.1) is 11.3 Å². The third-order valence-corrected chi connectivity index (χ3v) is 4.52. The summed E-state index contributed by atoms with van der Waals surface area (Å²) in [5.74, 6) is 0.248. The molecule has 3 aromatic rings. The monoisotopic (exact) mass is 309 g/mol. The molecule has 3 heterocycles. The van der Waals surface area contributed by atoms with Crippen LogP contribution in [0.25, 0.3) is 4.96 Å². The van der Waals surface area contributed by atoms with E-state index < -0.39 is 4.92 Å². The topological polar surface area (TPSA) is 85.4 Å². The quantitative estimate of drug-likeness (QED) is 0.591. The van der Waals surface area contributed by atoms with Gasteiger partial charge in [0, 0.05) is 10.3 Å². The van der Waals surface area contributed by atoms with Crippen LogP contribution in [0.4, 0.5) is 11.6 Å². The Hall–Kier alpha value is -2.00. The van der Waals surface area contributed by atoms with E-state index >= 15 is 0 Å². The molecule has 0 fully saturated rings. The minimum Gasteiger partial charge on any atom is -0.358 e. The molecule has 1 N–H and O–H groups in total. The van der Waals surface area contributed by atoms with E-state index in [1.165, 1.54) is 15.7 Å². The fraction of sp³-hybridized carbons (Fsp3) is 0.273. The van der Waals surface area contributed by atoms with Gasteiger partial charge in [-0.05, 0) is 18.8 Å². The number of imidazole rings is 1. The first-order chi connectivity index (χ1) is 9.56. The standard InChI is InChI=1S/C11H11N5O2S2/c1-6-8(13-7(2)20-6)5-12-9-10(16(17)18)15-3-4-19-11(15)14-9/h3-4,12H,5H2,1-2H3. The number of anilines is 1. The molecule has 0 saturated carbocycles. The molecule has 0 amide bonds. The highest BCUT2D eigenvalue weighted by atomic mass is 32.1. The van der Waals surface area contributed by atoms with Crippen LogP contribution in [0.2, 0.25) is 0 Å². The molecule has 9 heteroatoms. The summed E-state index contributed by atoms with van der Waals surface area (Å²) in [4.78, 5) is 21.1. The Bertz CT molecular complexity index is 788. The third-order valence-electron chi connectivity index (χ3n) is 2.83. The fourth-order valence-corrected chi connectivity index (χ4v) is 3.51. The van der Waals surface area contributed by atoms with Crippen molar-refractivity contribution in [2.24, 2.45) is 0 Å². The van der Waals surface area contributed by atoms with Crippen molar-refractivity contribution < 1.29 is 4.92 Å². The molecule has 0 aliphatic rings. The fourth-order valence-electron chi connectivity index (χ4n) is 1.97. The Labute approximate surface area is 122 Å². The van der Waals surface area contributed by atoms with Gasteiger partial charge in [0.1, 0.15) is 6.20 Å². The van der Waals surface area contributed by atoms with E-state index in [2.05, 4.69) is 15.3 Å². The molecule has 0 radical (unpaired) electrons. The molecule has 104 valence electrons. The van der Waals surface area contributed by atoms with Crippen LogP contribution < -0.4 is 5.32 Å². The summed E-state index contributed by atoms with van der Waals surface area (Å²) in [6, 6.07) is 0. The molecule has 0 unspecified atom stereocenters. The van der Waals surface area contributed by atoms with Gasteiger partial charge in [0.2, 0.25) is 5.82 Å². The van der Waals surface area contributed by atoms with E-state index in [4.69, 9.17) is 0 Å². The van der Waals surface area contributed by atoms with Crippen molar-refractivity contribution in [2.45, 2.75) is 20.4 Å². The van der Waals surface area contributed by atoms with Crippen LogP contribution in [0.15, 0.2) is 11.6 Å². The van der Waals surface area contributed by atoms with Gasteiger partial charge in [0.05, 0.1) is 17.2 Å². The average molecular weight is 309 g/mol. The van der Waals surface area contributed by atoms with E-state index in [1.807, 2.05) is 13.8 Å². The summed E-state index contributed by atoms with van der Waals surface area (Å²) in [7, 11) is 0. The molecule has 0 bridgehead atoms. The molecule has 3 rings (SSSR count). The van der Waals surface area contributed by atoms with Crippen molar-refractivity contribution >= 4 is 39.3 Å². The maximum atomic E-state index is 11.2. The predicted octanol–water partition coefficient (Wildman–Crippen LogP) is 2.99.